The fraction of sp³-hybridized carbons (Fsp3) is 0.417. The zero-order chi connectivity index (χ0) is 23.5. The number of hydrogen-bond donors (Lipinski definition) is 1. The van der Waals surface area contributed by atoms with E-state index < -0.39 is 11.8 Å². The summed E-state index contributed by atoms with van der Waals surface area (Å²) in [5, 5.41) is 2.82. The van der Waals surface area contributed by atoms with Crippen molar-refractivity contribution in [2.45, 2.75) is 31.3 Å². The minimum absolute atomic E-state index is 0.0526. The van der Waals surface area contributed by atoms with Gasteiger partial charge in [0.05, 0.1) is 17.8 Å². The maximum atomic E-state index is 13.7. The normalized spacial score (nSPS) is 19.7. The van der Waals surface area contributed by atoms with E-state index in [9.17, 15) is 18.8 Å². The van der Waals surface area contributed by atoms with Gasteiger partial charge in [-0.2, -0.15) is 0 Å². The zero-order valence-corrected chi connectivity index (χ0v) is 18.8. The van der Waals surface area contributed by atoms with Gasteiger partial charge in [-0.05, 0) is 37.1 Å². The molecule has 0 bridgehead atoms. The van der Waals surface area contributed by atoms with Gasteiger partial charge in [0.15, 0.2) is 0 Å². The third-order valence-corrected chi connectivity index (χ3v) is 6.18. The highest BCUT2D eigenvalue weighted by molar-refractivity contribution is 6.34. The van der Waals surface area contributed by atoms with E-state index in [1.165, 1.54) is 31.1 Å². The van der Waals surface area contributed by atoms with Crippen molar-refractivity contribution in [2.75, 3.05) is 33.7 Å². The molecule has 0 unspecified atom stereocenters. The van der Waals surface area contributed by atoms with E-state index in [0.29, 0.717) is 30.6 Å². The van der Waals surface area contributed by atoms with Crippen molar-refractivity contribution in [2.24, 2.45) is 0 Å². The Kier molecular flexibility index (Phi) is 6.57. The van der Waals surface area contributed by atoms with E-state index in [4.69, 9.17) is 4.98 Å². The predicted molar refractivity (Wildman–Crippen MR) is 121 cm³/mol. The molecule has 2 aromatic rings. The monoisotopic (exact) mass is 453 g/mol. The molecule has 0 spiro atoms. The minimum Gasteiger partial charge on any atom is -0.343 e. The first-order valence-corrected chi connectivity index (χ1v) is 11.1. The Balaban J connectivity index is 1.57. The van der Waals surface area contributed by atoms with E-state index in [-0.39, 0.29) is 23.9 Å². The highest BCUT2D eigenvalue weighted by Crippen LogP contribution is 2.26. The van der Waals surface area contributed by atoms with Crippen LogP contribution in [0.4, 0.5) is 9.18 Å². The number of amides is 4. The van der Waals surface area contributed by atoms with Crippen LogP contribution < -0.4 is 5.32 Å². The summed E-state index contributed by atoms with van der Waals surface area (Å²) in [6, 6.07) is 11.0. The molecule has 4 amide bonds. The van der Waals surface area contributed by atoms with Crippen molar-refractivity contribution in [3.8, 4) is 11.3 Å². The lowest BCUT2D eigenvalue weighted by atomic mass is 10.0. The number of aromatic nitrogens is 1. The number of nitrogens with one attached hydrogen (secondary N) is 1. The molecule has 0 aliphatic carbocycles. The molecule has 3 heterocycles. The Morgan fingerprint density at radius 3 is 2.55 bits per heavy atom. The smallest absolute Gasteiger partial charge is 0.320 e. The Bertz CT molecular complexity index is 1060. The molecule has 33 heavy (non-hydrogen) atoms. The van der Waals surface area contributed by atoms with Crippen molar-refractivity contribution in [3.05, 3.63) is 54.0 Å². The van der Waals surface area contributed by atoms with Gasteiger partial charge in [0.2, 0.25) is 0 Å². The summed E-state index contributed by atoms with van der Waals surface area (Å²) in [5.74, 6) is -1.66. The Hall–Kier alpha value is -3.49. The van der Waals surface area contributed by atoms with E-state index >= 15 is 0 Å². The Morgan fingerprint density at radius 1 is 1.12 bits per heavy atom. The molecule has 1 aromatic heterocycles. The van der Waals surface area contributed by atoms with Crippen molar-refractivity contribution in [3.63, 3.8) is 0 Å². The van der Waals surface area contributed by atoms with Gasteiger partial charge in [-0.3, -0.25) is 14.6 Å². The van der Waals surface area contributed by atoms with Crippen LogP contribution in [0.25, 0.3) is 11.3 Å². The molecule has 0 radical (unpaired) electrons. The number of pyridine rings is 1. The minimum atomic E-state index is -0.685. The summed E-state index contributed by atoms with van der Waals surface area (Å²) in [7, 11) is 3.05. The second kappa shape index (κ2) is 9.56. The lowest BCUT2D eigenvalue weighted by Crippen LogP contribution is -2.55. The number of carbonyl (C=O) groups is 3. The van der Waals surface area contributed by atoms with Gasteiger partial charge in [0, 0.05) is 51.4 Å². The number of hydrogen-bond acceptors (Lipinski definition) is 4. The molecule has 2 fully saturated rings. The molecule has 8 nitrogen and oxygen atoms in total. The highest BCUT2D eigenvalue weighted by Gasteiger charge is 2.41. The topological polar surface area (TPSA) is 85.8 Å². The van der Waals surface area contributed by atoms with Gasteiger partial charge < -0.3 is 20.0 Å². The van der Waals surface area contributed by atoms with Crippen LogP contribution in [0.3, 0.4) is 0 Å². The van der Waals surface area contributed by atoms with Crippen molar-refractivity contribution >= 4 is 17.8 Å². The van der Waals surface area contributed by atoms with Crippen LogP contribution in [0.5, 0.6) is 0 Å². The molecule has 1 aromatic carbocycles. The van der Waals surface area contributed by atoms with Gasteiger partial charge in [-0.1, -0.05) is 18.2 Å². The lowest BCUT2D eigenvalue weighted by molar-refractivity contribution is -0.144. The number of rotatable bonds is 4. The third kappa shape index (κ3) is 4.97. The fourth-order valence-corrected chi connectivity index (χ4v) is 4.25. The molecule has 9 heteroatoms. The van der Waals surface area contributed by atoms with Gasteiger partial charge in [-0.25, -0.2) is 9.18 Å². The van der Waals surface area contributed by atoms with Crippen LogP contribution in [0.15, 0.2) is 42.5 Å². The highest BCUT2D eigenvalue weighted by atomic mass is 19.1. The molecule has 0 saturated carbocycles. The van der Waals surface area contributed by atoms with Crippen molar-refractivity contribution in [1.29, 1.82) is 0 Å². The molecule has 2 saturated heterocycles. The summed E-state index contributed by atoms with van der Waals surface area (Å²) in [6.45, 7) is 1.95. The van der Waals surface area contributed by atoms with E-state index in [2.05, 4.69) is 5.32 Å². The van der Waals surface area contributed by atoms with Gasteiger partial charge in [0.1, 0.15) is 5.82 Å². The lowest BCUT2D eigenvalue weighted by Gasteiger charge is -2.37. The Labute approximate surface area is 192 Å². The van der Waals surface area contributed by atoms with Gasteiger partial charge in [-0.15, -0.1) is 0 Å². The van der Waals surface area contributed by atoms with Crippen molar-refractivity contribution in [1.82, 2.24) is 25.0 Å². The fourth-order valence-electron chi connectivity index (χ4n) is 4.25. The predicted octanol–water partition coefficient (Wildman–Crippen LogP) is 1.90. The van der Waals surface area contributed by atoms with Crippen molar-refractivity contribution < 1.29 is 18.8 Å². The summed E-state index contributed by atoms with van der Waals surface area (Å²) in [4.78, 5) is 47.0. The van der Waals surface area contributed by atoms with Crippen LogP contribution in [0.2, 0.25) is 0 Å². The maximum Gasteiger partial charge on any atom is 0.320 e. The number of halogens is 1. The van der Waals surface area contributed by atoms with Crippen LogP contribution >= 0.6 is 0 Å². The average Bonchev–Trinajstić information content (AvgIpc) is 3.14. The largest absolute Gasteiger partial charge is 0.343 e. The number of nitrogens with zero attached hydrogens (tertiary/aromatic N) is 4. The second-order valence-electron chi connectivity index (χ2n) is 8.68. The summed E-state index contributed by atoms with van der Waals surface area (Å²) >= 11 is 0. The van der Waals surface area contributed by atoms with Crippen LogP contribution in [0.1, 0.15) is 18.5 Å². The number of likely N-dealkylation sites (tertiary alicyclic amines) is 2. The number of urea groups is 1. The molecule has 2 atom stereocenters. The van der Waals surface area contributed by atoms with E-state index in [1.54, 1.807) is 21.9 Å². The molecule has 174 valence electrons. The molecule has 1 N–H and O–H groups in total. The van der Waals surface area contributed by atoms with Crippen LogP contribution in [-0.2, 0) is 16.0 Å². The molecule has 2 aliphatic rings. The number of likely N-dealkylation sites (N-methyl/N-ethyl adjacent to an activating group) is 1. The van der Waals surface area contributed by atoms with Gasteiger partial charge >= 0.3 is 17.8 Å². The summed E-state index contributed by atoms with van der Waals surface area (Å²) in [5.41, 5.74) is 2.02. The first-order chi connectivity index (χ1) is 15.8. The van der Waals surface area contributed by atoms with Gasteiger partial charge in [0.25, 0.3) is 0 Å². The number of benzene rings is 1. The second-order valence-corrected chi connectivity index (χ2v) is 8.68. The molecule has 4 rings (SSSR count). The SMILES string of the molecule is CN(C)C(=O)C(=O)N[C@H]1CCN(C(=O)N2CCC2)[C@H]1Cc1cccc(-c2cccc(F)c2)n1. The molecular formula is C24H28FN5O3. The summed E-state index contributed by atoms with van der Waals surface area (Å²) < 4.78 is 13.7. The number of carbonyl (C=O) groups excluding carboxylic acids is 3. The Morgan fingerprint density at radius 2 is 1.88 bits per heavy atom. The maximum absolute atomic E-state index is 13.7. The zero-order valence-electron chi connectivity index (χ0n) is 18.8. The molecular weight excluding hydrogens is 425 g/mol. The molecule has 2 aliphatic heterocycles. The van der Waals surface area contributed by atoms with Crippen LogP contribution in [0, 0.1) is 5.82 Å². The first kappa shape index (κ1) is 22.7. The van der Waals surface area contributed by atoms with E-state index in [1.807, 2.05) is 18.2 Å². The quantitative estimate of drug-likeness (QED) is 0.717. The standard InChI is InChI=1S/C24H28FN5O3/c1-28(2)23(32)22(31)27-20-10-13-30(24(33)29-11-5-12-29)21(20)15-18-8-4-9-19(26-18)16-6-3-7-17(25)14-16/h3-4,6-9,14,20-21H,5,10-13,15H2,1-2H3,(H,27,31)/t20-,21-/m0/s1. The summed E-state index contributed by atoms with van der Waals surface area (Å²) in [6.07, 6.45) is 1.95. The van der Waals surface area contributed by atoms with E-state index in [0.717, 1.165) is 25.2 Å². The average molecular weight is 454 g/mol. The third-order valence-electron chi connectivity index (χ3n) is 6.18. The van der Waals surface area contributed by atoms with Crippen LogP contribution in [-0.4, -0.2) is 83.3 Å². The first-order valence-electron chi connectivity index (χ1n) is 11.1.